The number of halogens is 1. The summed E-state index contributed by atoms with van der Waals surface area (Å²) in [5.41, 5.74) is 1.69. The van der Waals surface area contributed by atoms with Crippen LogP contribution in [0.25, 0.3) is 0 Å². The van der Waals surface area contributed by atoms with E-state index in [1.54, 1.807) is 60.9 Å². The lowest BCUT2D eigenvalue weighted by Crippen LogP contribution is -2.30. The van der Waals surface area contributed by atoms with Crippen molar-refractivity contribution in [1.29, 1.82) is 0 Å². The molecule has 0 aliphatic heterocycles. The summed E-state index contributed by atoms with van der Waals surface area (Å²) in [6, 6.07) is 17.5. The van der Waals surface area contributed by atoms with Crippen LogP contribution in [0.4, 0.5) is 5.69 Å². The molecule has 0 aliphatic rings. The first-order chi connectivity index (χ1) is 13.3. The molecule has 0 saturated carbocycles. The van der Waals surface area contributed by atoms with Crippen molar-refractivity contribution in [2.45, 2.75) is 13.1 Å². The molecule has 0 fully saturated rings. The molecule has 3 rings (SSSR count). The molecule has 0 bridgehead atoms. The summed E-state index contributed by atoms with van der Waals surface area (Å²) in [6.07, 6.45) is 2.70. The van der Waals surface area contributed by atoms with E-state index < -0.39 is 10.0 Å². The van der Waals surface area contributed by atoms with Gasteiger partial charge in [0.05, 0.1) is 31.3 Å². The average molecular weight is 463 g/mol. The Balaban J connectivity index is 1.80. The first kappa shape index (κ1) is 20.2. The SMILES string of the molecule is CS(=O)(=O)N(Cc1cccc(C(=O)NCc2ccco2)c1)c1ccccc1Br. The number of amides is 1. The summed E-state index contributed by atoms with van der Waals surface area (Å²) in [4.78, 5) is 12.4. The zero-order chi connectivity index (χ0) is 20.1. The number of rotatable bonds is 7. The molecule has 0 spiro atoms. The van der Waals surface area contributed by atoms with Gasteiger partial charge in [-0.25, -0.2) is 8.42 Å². The number of furan rings is 1. The van der Waals surface area contributed by atoms with Crippen LogP contribution in [-0.4, -0.2) is 20.6 Å². The summed E-state index contributed by atoms with van der Waals surface area (Å²) in [5, 5.41) is 2.78. The number of para-hydroxylation sites is 1. The van der Waals surface area contributed by atoms with Crippen LogP contribution in [0.2, 0.25) is 0 Å². The first-order valence-electron chi connectivity index (χ1n) is 8.46. The second kappa shape index (κ2) is 8.62. The molecular formula is C20H19BrN2O4S. The molecule has 1 N–H and O–H groups in total. The number of carbonyl (C=O) groups excluding carboxylic acids is 1. The number of hydrogen-bond acceptors (Lipinski definition) is 4. The predicted molar refractivity (Wildman–Crippen MR) is 111 cm³/mol. The summed E-state index contributed by atoms with van der Waals surface area (Å²) >= 11 is 3.40. The Morgan fingerprint density at radius 2 is 1.89 bits per heavy atom. The molecule has 1 heterocycles. The van der Waals surface area contributed by atoms with Gasteiger partial charge in [0, 0.05) is 10.0 Å². The van der Waals surface area contributed by atoms with Crippen LogP contribution >= 0.6 is 15.9 Å². The van der Waals surface area contributed by atoms with Crippen molar-refractivity contribution in [3.05, 3.63) is 88.3 Å². The minimum Gasteiger partial charge on any atom is -0.467 e. The van der Waals surface area contributed by atoms with Gasteiger partial charge in [-0.1, -0.05) is 24.3 Å². The maximum atomic E-state index is 12.4. The van der Waals surface area contributed by atoms with E-state index >= 15 is 0 Å². The van der Waals surface area contributed by atoms with Crippen LogP contribution in [0.1, 0.15) is 21.7 Å². The molecule has 6 nitrogen and oxygen atoms in total. The molecule has 146 valence electrons. The average Bonchev–Trinajstić information content (AvgIpc) is 3.18. The molecule has 0 aliphatic carbocycles. The Morgan fingerprint density at radius 1 is 1.11 bits per heavy atom. The first-order valence-corrected chi connectivity index (χ1v) is 11.1. The minimum atomic E-state index is -3.52. The van der Waals surface area contributed by atoms with E-state index in [0.717, 1.165) is 6.26 Å². The number of benzene rings is 2. The van der Waals surface area contributed by atoms with E-state index in [4.69, 9.17) is 4.42 Å². The quantitative estimate of drug-likeness (QED) is 0.576. The lowest BCUT2D eigenvalue weighted by molar-refractivity contribution is 0.0948. The van der Waals surface area contributed by atoms with Crippen molar-refractivity contribution >= 4 is 37.5 Å². The molecule has 0 saturated heterocycles. The van der Waals surface area contributed by atoms with E-state index in [1.165, 1.54) is 4.31 Å². The number of nitrogens with zero attached hydrogens (tertiary/aromatic N) is 1. The maximum Gasteiger partial charge on any atom is 0.251 e. The van der Waals surface area contributed by atoms with Crippen LogP contribution < -0.4 is 9.62 Å². The summed E-state index contributed by atoms with van der Waals surface area (Å²) in [7, 11) is -3.52. The van der Waals surface area contributed by atoms with Gasteiger partial charge < -0.3 is 9.73 Å². The minimum absolute atomic E-state index is 0.112. The fourth-order valence-electron chi connectivity index (χ4n) is 2.69. The highest BCUT2D eigenvalue weighted by Gasteiger charge is 2.20. The summed E-state index contributed by atoms with van der Waals surface area (Å²) < 4.78 is 31.9. The van der Waals surface area contributed by atoms with Crippen molar-refractivity contribution in [3.8, 4) is 0 Å². The van der Waals surface area contributed by atoms with Gasteiger partial charge in [-0.3, -0.25) is 9.10 Å². The van der Waals surface area contributed by atoms with E-state index in [2.05, 4.69) is 21.2 Å². The van der Waals surface area contributed by atoms with Crippen molar-refractivity contribution in [2.75, 3.05) is 10.6 Å². The smallest absolute Gasteiger partial charge is 0.251 e. The second-order valence-corrected chi connectivity index (χ2v) is 8.94. The Labute approximate surface area is 172 Å². The van der Waals surface area contributed by atoms with Crippen LogP contribution in [0.3, 0.4) is 0 Å². The van der Waals surface area contributed by atoms with Gasteiger partial charge in [0.2, 0.25) is 10.0 Å². The van der Waals surface area contributed by atoms with E-state index in [0.29, 0.717) is 27.0 Å². The molecule has 28 heavy (non-hydrogen) atoms. The zero-order valence-electron chi connectivity index (χ0n) is 15.1. The van der Waals surface area contributed by atoms with Crippen molar-refractivity contribution in [2.24, 2.45) is 0 Å². The maximum absolute atomic E-state index is 12.4. The highest BCUT2D eigenvalue weighted by atomic mass is 79.9. The Hall–Kier alpha value is -2.58. The molecule has 0 unspecified atom stereocenters. The number of anilines is 1. The Morgan fingerprint density at radius 3 is 2.57 bits per heavy atom. The van der Waals surface area contributed by atoms with Crippen molar-refractivity contribution in [1.82, 2.24) is 5.32 Å². The molecule has 0 radical (unpaired) electrons. The largest absolute Gasteiger partial charge is 0.467 e. The normalized spacial score (nSPS) is 11.2. The number of nitrogens with one attached hydrogen (secondary N) is 1. The third-order valence-corrected chi connectivity index (χ3v) is 5.84. The zero-order valence-corrected chi connectivity index (χ0v) is 17.5. The second-order valence-electron chi connectivity index (χ2n) is 6.18. The van der Waals surface area contributed by atoms with Gasteiger partial charge in [0.15, 0.2) is 0 Å². The van der Waals surface area contributed by atoms with Gasteiger partial charge in [-0.05, 0) is 57.9 Å². The van der Waals surface area contributed by atoms with Crippen LogP contribution in [0, 0.1) is 0 Å². The Kier molecular flexibility index (Phi) is 6.21. The van der Waals surface area contributed by atoms with Gasteiger partial charge in [-0.2, -0.15) is 0 Å². The molecule has 1 amide bonds. The predicted octanol–water partition coefficient (Wildman–Crippen LogP) is 3.94. The lowest BCUT2D eigenvalue weighted by Gasteiger charge is -2.24. The van der Waals surface area contributed by atoms with Crippen LogP contribution in [0.15, 0.2) is 75.8 Å². The lowest BCUT2D eigenvalue weighted by atomic mass is 10.1. The molecule has 3 aromatic rings. The van der Waals surface area contributed by atoms with Gasteiger partial charge in [0.25, 0.3) is 5.91 Å². The standard InChI is InChI=1S/C20H19BrN2O4S/c1-28(25,26)23(19-10-3-2-9-18(19)21)14-15-6-4-7-16(12-15)20(24)22-13-17-8-5-11-27-17/h2-12H,13-14H2,1H3,(H,22,24). The third kappa shape index (κ3) is 5.02. The summed E-state index contributed by atoms with van der Waals surface area (Å²) in [6.45, 7) is 0.392. The number of hydrogen-bond donors (Lipinski definition) is 1. The van der Waals surface area contributed by atoms with E-state index in [-0.39, 0.29) is 19.0 Å². The molecule has 2 aromatic carbocycles. The highest BCUT2D eigenvalue weighted by Crippen LogP contribution is 2.29. The van der Waals surface area contributed by atoms with Gasteiger partial charge in [0.1, 0.15) is 5.76 Å². The summed E-state index contributed by atoms with van der Waals surface area (Å²) in [5.74, 6) is 0.395. The topological polar surface area (TPSA) is 79.6 Å². The van der Waals surface area contributed by atoms with Crippen LogP contribution in [-0.2, 0) is 23.1 Å². The highest BCUT2D eigenvalue weighted by molar-refractivity contribution is 9.10. The van der Waals surface area contributed by atoms with E-state index in [9.17, 15) is 13.2 Å². The van der Waals surface area contributed by atoms with Crippen molar-refractivity contribution in [3.63, 3.8) is 0 Å². The number of carbonyl (C=O) groups is 1. The fourth-order valence-corrected chi connectivity index (χ4v) is 4.21. The fraction of sp³-hybridized carbons (Fsp3) is 0.150. The molecule has 0 atom stereocenters. The van der Waals surface area contributed by atoms with Crippen molar-refractivity contribution < 1.29 is 17.6 Å². The van der Waals surface area contributed by atoms with Gasteiger partial charge in [-0.15, -0.1) is 0 Å². The third-order valence-electron chi connectivity index (χ3n) is 4.04. The van der Waals surface area contributed by atoms with Crippen LogP contribution in [0.5, 0.6) is 0 Å². The molecular weight excluding hydrogens is 444 g/mol. The number of sulfonamides is 1. The van der Waals surface area contributed by atoms with E-state index in [1.807, 2.05) is 6.07 Å². The molecule has 1 aromatic heterocycles. The Bertz CT molecular complexity index is 1070. The monoisotopic (exact) mass is 462 g/mol. The van der Waals surface area contributed by atoms with Gasteiger partial charge >= 0.3 is 0 Å². The molecule has 8 heteroatoms.